The maximum atomic E-state index is 13.9. The van der Waals surface area contributed by atoms with Crippen LogP contribution in [0.2, 0.25) is 5.02 Å². The molecule has 2 aromatic rings. The van der Waals surface area contributed by atoms with Crippen LogP contribution in [0.25, 0.3) is 0 Å². The second-order valence-electron chi connectivity index (χ2n) is 9.64. The highest BCUT2D eigenvalue weighted by Crippen LogP contribution is 2.30. The van der Waals surface area contributed by atoms with Gasteiger partial charge in [0.25, 0.3) is 10.0 Å². The molecule has 3 amide bonds. The number of hydrogen-bond acceptors (Lipinski definition) is 6. The molecule has 4 rings (SSSR count). The summed E-state index contributed by atoms with van der Waals surface area (Å²) in [6.45, 7) is 3.08. The number of hydrogen-bond donors (Lipinski definition) is 2. The van der Waals surface area contributed by atoms with Gasteiger partial charge in [-0.1, -0.05) is 18.5 Å². The van der Waals surface area contributed by atoms with Crippen LogP contribution in [0.1, 0.15) is 44.6 Å². The molecule has 2 N–H and O–H groups in total. The van der Waals surface area contributed by atoms with Crippen molar-refractivity contribution < 1.29 is 18.0 Å². The zero-order valence-corrected chi connectivity index (χ0v) is 22.7. The second kappa shape index (κ2) is 12.0. The van der Waals surface area contributed by atoms with Crippen LogP contribution in [0.5, 0.6) is 0 Å². The summed E-state index contributed by atoms with van der Waals surface area (Å²) in [6, 6.07) is 8.11. The van der Waals surface area contributed by atoms with Gasteiger partial charge < -0.3 is 15.5 Å². The van der Waals surface area contributed by atoms with E-state index < -0.39 is 16.1 Å². The van der Waals surface area contributed by atoms with E-state index in [1.165, 1.54) is 42.7 Å². The molecule has 2 heterocycles. The van der Waals surface area contributed by atoms with E-state index in [2.05, 4.69) is 15.6 Å². The Morgan fingerprint density at radius 3 is 2.63 bits per heavy atom. The number of carbonyl (C=O) groups is 2. The minimum absolute atomic E-state index is 0.0297. The van der Waals surface area contributed by atoms with Crippen LogP contribution in [0.4, 0.5) is 10.5 Å². The molecule has 1 aliphatic carbocycles. The third-order valence-electron chi connectivity index (χ3n) is 6.73. The van der Waals surface area contributed by atoms with Crippen molar-refractivity contribution in [1.82, 2.24) is 20.5 Å². The summed E-state index contributed by atoms with van der Waals surface area (Å²) in [7, 11) is -4.22. The van der Waals surface area contributed by atoms with E-state index in [-0.39, 0.29) is 46.5 Å². The zero-order valence-electron chi connectivity index (χ0n) is 21.1. The average molecular weight is 559 g/mol. The highest BCUT2D eigenvalue weighted by molar-refractivity contribution is 7.93. The number of urea groups is 1. The third kappa shape index (κ3) is 6.55. The molecule has 1 aromatic heterocycles. The second-order valence-corrected chi connectivity index (χ2v) is 11.9. The Kier molecular flexibility index (Phi) is 8.74. The van der Waals surface area contributed by atoms with Crippen molar-refractivity contribution in [3.05, 3.63) is 53.3 Å². The molecule has 2 fully saturated rings. The number of benzene rings is 1. The first kappa shape index (κ1) is 27.7. The molecule has 38 heavy (non-hydrogen) atoms. The summed E-state index contributed by atoms with van der Waals surface area (Å²) in [4.78, 5) is 31.6. The summed E-state index contributed by atoms with van der Waals surface area (Å²) in [5.41, 5.74) is 0.306. The number of nitrogens with one attached hydrogen (secondary N) is 2. The Morgan fingerprint density at radius 2 is 1.97 bits per heavy atom. The minimum Gasteiger partial charge on any atom is -0.341 e. The molecule has 0 bridgehead atoms. The van der Waals surface area contributed by atoms with Crippen molar-refractivity contribution in [1.29, 1.82) is 5.26 Å². The monoisotopic (exact) mass is 558 g/mol. The van der Waals surface area contributed by atoms with Gasteiger partial charge in [0, 0.05) is 36.9 Å². The molecule has 1 saturated heterocycles. The lowest BCUT2D eigenvalue weighted by Crippen LogP contribution is -2.54. The molecular formula is C26H31ClN6O4S. The number of amides is 3. The smallest absolute Gasteiger partial charge is 0.315 e. The van der Waals surface area contributed by atoms with E-state index in [1.807, 2.05) is 6.07 Å². The first-order valence-electron chi connectivity index (χ1n) is 12.7. The van der Waals surface area contributed by atoms with Gasteiger partial charge in [0.05, 0.1) is 22.3 Å². The van der Waals surface area contributed by atoms with E-state index in [9.17, 15) is 23.3 Å². The number of anilines is 1. The molecule has 1 aliphatic heterocycles. The van der Waals surface area contributed by atoms with Crippen LogP contribution >= 0.6 is 11.6 Å². The van der Waals surface area contributed by atoms with Gasteiger partial charge in [-0.05, 0) is 68.4 Å². The van der Waals surface area contributed by atoms with Crippen molar-refractivity contribution in [2.75, 3.05) is 23.9 Å². The lowest BCUT2D eigenvalue weighted by molar-refractivity contribution is -0.134. The summed E-state index contributed by atoms with van der Waals surface area (Å²) in [5.74, 6) is -0.278. The minimum atomic E-state index is -4.22. The number of piperidine rings is 1. The molecule has 202 valence electrons. The van der Waals surface area contributed by atoms with Crippen molar-refractivity contribution in [3.8, 4) is 6.07 Å². The van der Waals surface area contributed by atoms with Crippen LogP contribution in [0.3, 0.4) is 0 Å². The fourth-order valence-corrected chi connectivity index (χ4v) is 6.39. The summed E-state index contributed by atoms with van der Waals surface area (Å²) < 4.78 is 28.9. The van der Waals surface area contributed by atoms with Gasteiger partial charge in [0.1, 0.15) is 12.1 Å². The predicted octanol–water partition coefficient (Wildman–Crippen LogP) is 3.28. The van der Waals surface area contributed by atoms with Gasteiger partial charge in [-0.15, -0.1) is 0 Å². The molecule has 1 aromatic carbocycles. The van der Waals surface area contributed by atoms with Crippen molar-refractivity contribution in [2.45, 2.75) is 56.0 Å². The van der Waals surface area contributed by atoms with Gasteiger partial charge in [0.2, 0.25) is 5.91 Å². The van der Waals surface area contributed by atoms with Crippen LogP contribution < -0.4 is 14.9 Å². The molecular weight excluding hydrogens is 528 g/mol. The SMILES string of the molecule is CC[C@H](C(=O)N1CCC[C@@H](CNC(=O)NC2CC2)C1)N(c1cncc(C#N)c1)S(=O)(=O)c1ccc(Cl)cc1. The number of pyridine rings is 1. The normalized spacial score (nSPS) is 18.2. The Labute approximate surface area is 228 Å². The number of sulfonamides is 1. The molecule has 1 saturated carbocycles. The number of aromatic nitrogens is 1. The Hall–Kier alpha value is -3.36. The van der Waals surface area contributed by atoms with Crippen LogP contribution in [0, 0.1) is 17.2 Å². The van der Waals surface area contributed by atoms with E-state index >= 15 is 0 Å². The maximum absolute atomic E-state index is 13.9. The highest BCUT2D eigenvalue weighted by Gasteiger charge is 2.39. The quantitative estimate of drug-likeness (QED) is 0.485. The predicted molar refractivity (Wildman–Crippen MR) is 143 cm³/mol. The maximum Gasteiger partial charge on any atom is 0.315 e. The average Bonchev–Trinajstić information content (AvgIpc) is 3.74. The van der Waals surface area contributed by atoms with Crippen molar-refractivity contribution in [2.24, 2.45) is 5.92 Å². The lowest BCUT2D eigenvalue weighted by Gasteiger charge is -2.38. The van der Waals surface area contributed by atoms with E-state index in [0.29, 0.717) is 24.7 Å². The summed E-state index contributed by atoms with van der Waals surface area (Å²) >= 11 is 5.98. The molecule has 0 unspecified atom stereocenters. The lowest BCUT2D eigenvalue weighted by atomic mass is 9.97. The van der Waals surface area contributed by atoms with Crippen molar-refractivity contribution >= 4 is 39.2 Å². The number of halogens is 1. The Balaban J connectivity index is 1.59. The van der Waals surface area contributed by atoms with Gasteiger partial charge in [0.15, 0.2) is 0 Å². The number of carbonyl (C=O) groups excluding carboxylic acids is 2. The number of likely N-dealkylation sites (tertiary alicyclic amines) is 1. The fourth-order valence-electron chi connectivity index (χ4n) is 4.60. The van der Waals surface area contributed by atoms with Gasteiger partial charge in [-0.3, -0.25) is 14.1 Å². The third-order valence-corrected chi connectivity index (χ3v) is 8.83. The molecule has 0 spiro atoms. The highest BCUT2D eigenvalue weighted by atomic mass is 35.5. The van der Waals surface area contributed by atoms with E-state index in [4.69, 9.17) is 11.6 Å². The van der Waals surface area contributed by atoms with Crippen LogP contribution in [-0.4, -0.2) is 62.0 Å². The van der Waals surface area contributed by atoms with Gasteiger partial charge in [-0.2, -0.15) is 5.26 Å². The Morgan fingerprint density at radius 1 is 1.24 bits per heavy atom. The van der Waals surface area contributed by atoms with E-state index in [1.54, 1.807) is 11.8 Å². The number of rotatable bonds is 9. The fraction of sp³-hybridized carbons (Fsp3) is 0.462. The molecule has 12 heteroatoms. The van der Waals surface area contributed by atoms with Crippen molar-refractivity contribution in [3.63, 3.8) is 0 Å². The van der Waals surface area contributed by atoms with Crippen LogP contribution in [-0.2, 0) is 14.8 Å². The summed E-state index contributed by atoms with van der Waals surface area (Å²) in [6.07, 6.45) is 6.47. The summed E-state index contributed by atoms with van der Waals surface area (Å²) in [5, 5.41) is 15.6. The molecule has 10 nitrogen and oxygen atoms in total. The largest absolute Gasteiger partial charge is 0.341 e. The standard InChI is InChI=1S/C26H31ClN6O4S/c1-2-24(25(34)32-11-3-4-18(17-32)15-30-26(35)31-21-7-8-21)33(22-12-19(13-28)14-29-16-22)38(36,37)23-9-5-20(27)6-10-23/h5-6,9-10,12,14,16,18,21,24H,2-4,7-8,11,15,17H2,1H3,(H2,30,31,35)/t18-,24+/m0/s1. The first-order valence-corrected chi connectivity index (χ1v) is 14.5. The Bertz CT molecular complexity index is 1310. The number of nitriles is 1. The van der Waals surface area contributed by atoms with E-state index in [0.717, 1.165) is 30.0 Å². The first-order chi connectivity index (χ1) is 18.2. The zero-order chi connectivity index (χ0) is 27.3. The molecule has 0 radical (unpaired) electrons. The molecule has 2 atom stereocenters. The number of nitrogens with zero attached hydrogens (tertiary/aromatic N) is 4. The van der Waals surface area contributed by atoms with Gasteiger partial charge >= 0.3 is 6.03 Å². The van der Waals surface area contributed by atoms with Gasteiger partial charge in [-0.25, -0.2) is 13.2 Å². The topological polar surface area (TPSA) is 136 Å². The van der Waals surface area contributed by atoms with Crippen LogP contribution in [0.15, 0.2) is 47.6 Å². The molecule has 2 aliphatic rings.